The summed E-state index contributed by atoms with van der Waals surface area (Å²) < 4.78 is 10.8. The predicted octanol–water partition coefficient (Wildman–Crippen LogP) is 1.91. The van der Waals surface area contributed by atoms with Gasteiger partial charge < -0.3 is 0 Å². The zero-order valence-electron chi connectivity index (χ0n) is 10.6. The van der Waals surface area contributed by atoms with Crippen molar-refractivity contribution in [2.24, 2.45) is 9.13 Å². The molecule has 3 heterocycles. The average Bonchev–Trinajstić information content (AvgIpc) is 2.97. The first-order chi connectivity index (χ1) is 9.36. The SMILES string of the molecule is ClC[CH]1OC(C2CCN(c3ccccn3)CC2)=[N][Sn]1. The molecule has 100 valence electrons. The van der Waals surface area contributed by atoms with Crippen molar-refractivity contribution >= 4 is 44.7 Å². The van der Waals surface area contributed by atoms with Crippen LogP contribution in [0.2, 0.25) is 0 Å². The van der Waals surface area contributed by atoms with Crippen molar-refractivity contribution in [3.8, 4) is 0 Å². The van der Waals surface area contributed by atoms with Gasteiger partial charge in [0.25, 0.3) is 0 Å². The molecule has 1 fully saturated rings. The third-order valence-corrected chi connectivity index (χ3v) is 7.30. The summed E-state index contributed by atoms with van der Waals surface area (Å²) in [4.78, 5) is 6.74. The van der Waals surface area contributed by atoms with Crippen molar-refractivity contribution in [3.05, 3.63) is 24.4 Å². The summed E-state index contributed by atoms with van der Waals surface area (Å²) in [6.07, 6.45) is 4.05. The molecule has 2 radical (unpaired) electrons. The van der Waals surface area contributed by atoms with Gasteiger partial charge in [-0.2, -0.15) is 0 Å². The topological polar surface area (TPSA) is 37.7 Å². The molecule has 2 aliphatic heterocycles. The number of hydrogen-bond donors (Lipinski definition) is 0. The molecular formula is C13H16ClN3OSn. The van der Waals surface area contributed by atoms with Crippen LogP contribution in [0.4, 0.5) is 5.82 Å². The molecular weight excluding hydrogens is 368 g/mol. The molecule has 0 N–H and O–H groups in total. The number of alkyl halides is 1. The van der Waals surface area contributed by atoms with Gasteiger partial charge in [0.15, 0.2) is 0 Å². The monoisotopic (exact) mass is 385 g/mol. The van der Waals surface area contributed by atoms with Crippen molar-refractivity contribution < 1.29 is 4.74 Å². The summed E-state index contributed by atoms with van der Waals surface area (Å²) in [6.45, 7) is 2.06. The van der Waals surface area contributed by atoms with Gasteiger partial charge in [0.2, 0.25) is 0 Å². The minimum atomic E-state index is -0.763. The van der Waals surface area contributed by atoms with Gasteiger partial charge >= 0.3 is 129 Å². The first kappa shape index (κ1) is 13.5. The number of piperidine rings is 1. The standard InChI is InChI=1S/C13H16ClN3O.Sn/c14-6-10-18-13(15)11-4-8-17(9-5-11)12-3-1-2-7-16-12;/h1-3,7,10-11H,4-6,8-9H2;/q-1;+1. The molecule has 0 bridgehead atoms. The fourth-order valence-electron chi connectivity index (χ4n) is 2.48. The van der Waals surface area contributed by atoms with E-state index in [4.69, 9.17) is 16.3 Å². The van der Waals surface area contributed by atoms with Crippen LogP contribution >= 0.6 is 11.6 Å². The average molecular weight is 384 g/mol. The second kappa shape index (κ2) is 6.31. The zero-order chi connectivity index (χ0) is 13.1. The van der Waals surface area contributed by atoms with Crippen LogP contribution in [0.3, 0.4) is 0 Å². The predicted molar refractivity (Wildman–Crippen MR) is 78.0 cm³/mol. The van der Waals surface area contributed by atoms with E-state index < -0.39 is 21.4 Å². The molecule has 0 aliphatic carbocycles. The molecule has 0 spiro atoms. The van der Waals surface area contributed by atoms with E-state index in [1.807, 2.05) is 18.3 Å². The number of aromatic nitrogens is 1. The van der Waals surface area contributed by atoms with Gasteiger partial charge in [-0.1, -0.05) is 0 Å². The van der Waals surface area contributed by atoms with Crippen molar-refractivity contribution in [1.82, 2.24) is 4.98 Å². The third-order valence-electron chi connectivity index (χ3n) is 3.54. The molecule has 1 aromatic heterocycles. The van der Waals surface area contributed by atoms with Crippen LogP contribution in [0, 0.1) is 5.92 Å². The summed E-state index contributed by atoms with van der Waals surface area (Å²) in [5.41, 5.74) is 0. The number of hydrogen-bond acceptors (Lipinski definition) is 4. The molecule has 19 heavy (non-hydrogen) atoms. The Morgan fingerprint density at radius 2 is 2.21 bits per heavy atom. The number of nitrogens with zero attached hydrogens (tertiary/aromatic N) is 3. The Bertz CT molecular complexity index is 448. The second-order valence-corrected chi connectivity index (χ2v) is 8.31. The van der Waals surface area contributed by atoms with Gasteiger partial charge in [0.05, 0.1) is 0 Å². The summed E-state index contributed by atoms with van der Waals surface area (Å²) in [5, 5.41) is 0. The Labute approximate surface area is 128 Å². The van der Waals surface area contributed by atoms with Crippen LogP contribution in [0.5, 0.6) is 0 Å². The van der Waals surface area contributed by atoms with Crippen LogP contribution in [0.25, 0.3) is 0 Å². The van der Waals surface area contributed by atoms with Crippen molar-refractivity contribution in [2.75, 3.05) is 23.9 Å². The van der Waals surface area contributed by atoms with E-state index in [-0.39, 0.29) is 4.12 Å². The molecule has 1 saturated heterocycles. The quantitative estimate of drug-likeness (QED) is 0.590. The summed E-state index contributed by atoms with van der Waals surface area (Å²) in [7, 11) is 0. The molecule has 3 rings (SSSR count). The van der Waals surface area contributed by atoms with E-state index in [0.717, 1.165) is 37.6 Å². The van der Waals surface area contributed by atoms with Gasteiger partial charge in [-0.15, -0.1) is 0 Å². The van der Waals surface area contributed by atoms with Crippen LogP contribution in [0.1, 0.15) is 12.8 Å². The minimum absolute atomic E-state index is 0.258. The molecule has 6 heteroatoms. The van der Waals surface area contributed by atoms with E-state index in [0.29, 0.717) is 11.8 Å². The maximum absolute atomic E-state index is 5.85. The van der Waals surface area contributed by atoms with E-state index in [9.17, 15) is 0 Å². The number of ether oxygens (including phenoxy) is 1. The number of pyridine rings is 1. The van der Waals surface area contributed by atoms with E-state index >= 15 is 0 Å². The van der Waals surface area contributed by atoms with Gasteiger partial charge in [0.1, 0.15) is 0 Å². The van der Waals surface area contributed by atoms with Crippen LogP contribution < -0.4 is 4.90 Å². The third kappa shape index (κ3) is 3.16. The fourth-order valence-corrected chi connectivity index (χ4v) is 5.15. The Hall–Kier alpha value is -0.491. The summed E-state index contributed by atoms with van der Waals surface area (Å²) in [5.74, 6) is 3.17. The van der Waals surface area contributed by atoms with Gasteiger partial charge in [-0.25, -0.2) is 0 Å². The van der Waals surface area contributed by atoms with Crippen LogP contribution in [-0.4, -0.2) is 55.4 Å². The van der Waals surface area contributed by atoms with Gasteiger partial charge in [-0.05, 0) is 0 Å². The molecule has 4 nitrogen and oxygen atoms in total. The van der Waals surface area contributed by atoms with Crippen LogP contribution in [0.15, 0.2) is 27.6 Å². The van der Waals surface area contributed by atoms with E-state index in [1.54, 1.807) is 0 Å². The molecule has 2 aliphatic rings. The number of rotatable bonds is 3. The normalized spacial score (nSPS) is 24.2. The first-order valence-electron chi connectivity index (χ1n) is 6.58. The Balaban J connectivity index is 1.56. The molecule has 1 atom stereocenters. The fraction of sp³-hybridized carbons (Fsp3) is 0.538. The van der Waals surface area contributed by atoms with Crippen LogP contribution in [-0.2, 0) is 4.74 Å². The van der Waals surface area contributed by atoms with Gasteiger partial charge in [-0.3, -0.25) is 0 Å². The first-order valence-corrected chi connectivity index (χ1v) is 10.0. The Morgan fingerprint density at radius 1 is 1.37 bits per heavy atom. The molecule has 1 unspecified atom stereocenters. The molecule has 0 aromatic carbocycles. The van der Waals surface area contributed by atoms with Gasteiger partial charge in [0, 0.05) is 0 Å². The summed E-state index contributed by atoms with van der Waals surface area (Å²) >= 11 is 5.08. The molecule has 1 aromatic rings. The molecule has 0 saturated carbocycles. The van der Waals surface area contributed by atoms with E-state index in [2.05, 4.69) is 19.2 Å². The van der Waals surface area contributed by atoms with Crippen molar-refractivity contribution in [3.63, 3.8) is 0 Å². The van der Waals surface area contributed by atoms with Crippen molar-refractivity contribution in [2.45, 2.75) is 17.0 Å². The van der Waals surface area contributed by atoms with E-state index in [1.165, 1.54) is 0 Å². The summed E-state index contributed by atoms with van der Waals surface area (Å²) in [6, 6.07) is 6.06. The Kier molecular flexibility index (Phi) is 4.48. The Morgan fingerprint density at radius 3 is 2.84 bits per heavy atom. The maximum atomic E-state index is 5.85. The molecule has 0 amide bonds. The number of anilines is 1. The number of halogens is 1. The van der Waals surface area contributed by atoms with Crippen molar-refractivity contribution in [1.29, 1.82) is 0 Å². The second-order valence-electron chi connectivity index (χ2n) is 4.79. The zero-order valence-corrected chi connectivity index (χ0v) is 14.2.